The third kappa shape index (κ3) is 5.55. The fraction of sp³-hybridized carbons (Fsp3) is 0.467. The summed E-state index contributed by atoms with van der Waals surface area (Å²) in [5.74, 6) is -0.875. The van der Waals surface area contributed by atoms with E-state index in [-0.39, 0.29) is 30.5 Å². The molecule has 1 aromatic rings. The lowest BCUT2D eigenvalue weighted by Crippen LogP contribution is -2.39. The monoisotopic (exact) mass is 342 g/mol. The van der Waals surface area contributed by atoms with Crippen LogP contribution < -0.4 is 9.62 Å². The predicted octanol–water partition coefficient (Wildman–Crippen LogP) is 1.01. The summed E-state index contributed by atoms with van der Waals surface area (Å²) < 4.78 is 29.7. The molecule has 1 N–H and O–H groups in total. The van der Waals surface area contributed by atoms with Crippen molar-refractivity contribution in [3.05, 3.63) is 29.8 Å². The van der Waals surface area contributed by atoms with Crippen LogP contribution in [0.3, 0.4) is 0 Å². The van der Waals surface area contributed by atoms with E-state index in [2.05, 4.69) is 10.1 Å². The van der Waals surface area contributed by atoms with E-state index in [1.807, 2.05) is 0 Å². The molecule has 0 aliphatic rings. The summed E-state index contributed by atoms with van der Waals surface area (Å²) >= 11 is 0. The average Bonchev–Trinajstić information content (AvgIpc) is 2.49. The molecule has 0 radical (unpaired) electrons. The summed E-state index contributed by atoms with van der Waals surface area (Å²) in [4.78, 5) is 23.1. The zero-order valence-electron chi connectivity index (χ0n) is 13.7. The zero-order valence-corrected chi connectivity index (χ0v) is 14.5. The van der Waals surface area contributed by atoms with Gasteiger partial charge in [0.25, 0.3) is 0 Å². The Kier molecular flexibility index (Phi) is 6.56. The Balaban J connectivity index is 2.96. The molecule has 0 heterocycles. The number of rotatable bonds is 7. The molecule has 7 nitrogen and oxygen atoms in total. The highest BCUT2D eigenvalue weighted by atomic mass is 32.2. The van der Waals surface area contributed by atoms with E-state index in [1.165, 1.54) is 19.2 Å². The summed E-state index contributed by atoms with van der Waals surface area (Å²) in [5, 5.41) is 2.67. The van der Waals surface area contributed by atoms with Gasteiger partial charge in [0.2, 0.25) is 15.9 Å². The van der Waals surface area contributed by atoms with E-state index in [4.69, 9.17) is 0 Å². The lowest BCUT2D eigenvalue weighted by molar-refractivity contribution is -0.123. The van der Waals surface area contributed by atoms with E-state index in [0.717, 1.165) is 10.6 Å². The average molecular weight is 342 g/mol. The van der Waals surface area contributed by atoms with Crippen LogP contribution in [0.1, 0.15) is 24.2 Å². The molecule has 23 heavy (non-hydrogen) atoms. The number of carbonyl (C=O) groups is 2. The van der Waals surface area contributed by atoms with Crippen molar-refractivity contribution in [1.82, 2.24) is 5.32 Å². The number of nitrogens with zero attached hydrogens (tertiary/aromatic N) is 1. The number of methoxy groups -OCH3 is 1. The predicted molar refractivity (Wildman–Crippen MR) is 87.8 cm³/mol. The number of benzene rings is 1. The summed E-state index contributed by atoms with van der Waals surface area (Å²) in [7, 11) is -2.30. The molecule has 0 saturated carbocycles. The van der Waals surface area contributed by atoms with Gasteiger partial charge in [-0.3, -0.25) is 9.10 Å². The number of nitrogens with one attached hydrogen (secondary N) is 1. The maximum Gasteiger partial charge on any atom is 0.337 e. The first kappa shape index (κ1) is 19.0. The molecule has 0 saturated heterocycles. The van der Waals surface area contributed by atoms with Crippen LogP contribution in [0.4, 0.5) is 5.69 Å². The van der Waals surface area contributed by atoms with E-state index in [1.54, 1.807) is 26.0 Å². The maximum atomic E-state index is 12.0. The van der Waals surface area contributed by atoms with E-state index >= 15 is 0 Å². The van der Waals surface area contributed by atoms with Crippen molar-refractivity contribution in [3.8, 4) is 0 Å². The Morgan fingerprint density at radius 2 is 1.96 bits per heavy atom. The summed E-state index contributed by atoms with van der Waals surface area (Å²) in [5.41, 5.74) is 0.596. The Hall–Kier alpha value is -2.09. The summed E-state index contributed by atoms with van der Waals surface area (Å²) in [6, 6.07) is 6.14. The number of sulfonamides is 1. The van der Waals surface area contributed by atoms with Gasteiger partial charge in [0, 0.05) is 12.5 Å². The smallest absolute Gasteiger partial charge is 0.337 e. The topological polar surface area (TPSA) is 92.8 Å². The fourth-order valence-corrected chi connectivity index (χ4v) is 2.80. The van der Waals surface area contributed by atoms with Crippen molar-refractivity contribution in [2.24, 2.45) is 5.92 Å². The lowest BCUT2D eigenvalue weighted by atomic mass is 10.2. The molecule has 0 aliphatic carbocycles. The van der Waals surface area contributed by atoms with Crippen molar-refractivity contribution in [2.45, 2.75) is 13.8 Å². The van der Waals surface area contributed by atoms with E-state index in [9.17, 15) is 18.0 Å². The molecule has 0 atom stereocenters. The first-order chi connectivity index (χ1) is 10.7. The highest BCUT2D eigenvalue weighted by Gasteiger charge is 2.19. The second kappa shape index (κ2) is 7.96. The maximum absolute atomic E-state index is 12.0. The Bertz CT molecular complexity index is 670. The van der Waals surface area contributed by atoms with Crippen LogP contribution >= 0.6 is 0 Å². The largest absolute Gasteiger partial charge is 0.465 e. The lowest BCUT2D eigenvalue weighted by Gasteiger charge is -2.23. The van der Waals surface area contributed by atoms with E-state index in [0.29, 0.717) is 5.69 Å². The van der Waals surface area contributed by atoms with Gasteiger partial charge in [-0.05, 0) is 18.2 Å². The Morgan fingerprint density at radius 1 is 1.30 bits per heavy atom. The zero-order chi connectivity index (χ0) is 17.6. The van der Waals surface area contributed by atoms with Crippen LogP contribution in [0, 0.1) is 5.92 Å². The highest BCUT2D eigenvalue weighted by molar-refractivity contribution is 7.92. The van der Waals surface area contributed by atoms with Crippen molar-refractivity contribution >= 4 is 27.6 Å². The second-order valence-corrected chi connectivity index (χ2v) is 7.23. The van der Waals surface area contributed by atoms with Crippen molar-refractivity contribution in [2.75, 3.05) is 30.8 Å². The molecule has 1 rings (SSSR count). The number of esters is 1. The molecule has 0 fully saturated rings. The molecule has 0 aromatic heterocycles. The minimum absolute atomic E-state index is 0.0713. The molecule has 0 unspecified atom stereocenters. The molecular formula is C15H22N2O5S. The molecule has 128 valence electrons. The molecule has 0 bridgehead atoms. The van der Waals surface area contributed by atoms with E-state index < -0.39 is 16.0 Å². The number of carbonyl (C=O) groups excluding carboxylic acids is 2. The Morgan fingerprint density at radius 3 is 2.48 bits per heavy atom. The quantitative estimate of drug-likeness (QED) is 0.747. The van der Waals surface area contributed by atoms with Gasteiger partial charge in [-0.25, -0.2) is 13.2 Å². The molecular weight excluding hydrogens is 320 g/mol. The Labute approximate surface area is 136 Å². The first-order valence-electron chi connectivity index (χ1n) is 7.10. The molecule has 1 aromatic carbocycles. The van der Waals surface area contributed by atoms with Gasteiger partial charge >= 0.3 is 5.97 Å². The number of hydrogen-bond acceptors (Lipinski definition) is 5. The van der Waals surface area contributed by atoms with Gasteiger partial charge in [0.1, 0.15) is 0 Å². The van der Waals surface area contributed by atoms with Gasteiger partial charge in [-0.15, -0.1) is 0 Å². The van der Waals surface area contributed by atoms with Crippen LogP contribution in [0.25, 0.3) is 0 Å². The number of anilines is 1. The third-order valence-corrected chi connectivity index (χ3v) is 4.29. The van der Waals surface area contributed by atoms with Gasteiger partial charge in [0.05, 0.1) is 31.2 Å². The third-order valence-electron chi connectivity index (χ3n) is 3.09. The number of amides is 1. The van der Waals surface area contributed by atoms with Crippen LogP contribution in [-0.4, -0.2) is 46.7 Å². The van der Waals surface area contributed by atoms with Crippen LogP contribution in [-0.2, 0) is 19.6 Å². The molecule has 0 aliphatic heterocycles. The van der Waals surface area contributed by atoms with Gasteiger partial charge in [0.15, 0.2) is 0 Å². The molecule has 8 heteroatoms. The number of hydrogen-bond donors (Lipinski definition) is 1. The van der Waals surface area contributed by atoms with Crippen molar-refractivity contribution in [1.29, 1.82) is 0 Å². The van der Waals surface area contributed by atoms with Crippen LogP contribution in [0.15, 0.2) is 24.3 Å². The molecule has 1 amide bonds. The highest BCUT2D eigenvalue weighted by Crippen LogP contribution is 2.19. The van der Waals surface area contributed by atoms with Gasteiger partial charge in [-0.1, -0.05) is 19.9 Å². The van der Waals surface area contributed by atoms with Crippen LogP contribution in [0.2, 0.25) is 0 Å². The van der Waals surface area contributed by atoms with Gasteiger partial charge in [-0.2, -0.15) is 0 Å². The van der Waals surface area contributed by atoms with Crippen molar-refractivity contribution < 1.29 is 22.7 Å². The normalized spacial score (nSPS) is 11.2. The fourth-order valence-electron chi connectivity index (χ4n) is 1.88. The summed E-state index contributed by atoms with van der Waals surface area (Å²) in [6.07, 6.45) is 1.07. The minimum atomic E-state index is -3.56. The summed E-state index contributed by atoms with van der Waals surface area (Å²) in [6.45, 7) is 3.75. The van der Waals surface area contributed by atoms with Crippen molar-refractivity contribution in [3.63, 3.8) is 0 Å². The molecule has 0 spiro atoms. The van der Waals surface area contributed by atoms with Gasteiger partial charge < -0.3 is 10.1 Å². The number of ether oxygens (including phenoxy) is 1. The minimum Gasteiger partial charge on any atom is -0.465 e. The van der Waals surface area contributed by atoms with Crippen LogP contribution in [0.5, 0.6) is 0 Å². The standard InChI is InChI=1S/C15H22N2O5S/c1-11(2)14(18)16-8-9-17(23(4,20)21)13-7-5-6-12(10-13)15(19)22-3/h5-7,10-11H,8-9H2,1-4H3,(H,16,18). The second-order valence-electron chi connectivity index (χ2n) is 5.32. The first-order valence-corrected chi connectivity index (χ1v) is 8.95. The SMILES string of the molecule is COC(=O)c1cccc(N(CCNC(=O)C(C)C)S(C)(=O)=O)c1.